The van der Waals surface area contributed by atoms with Crippen molar-refractivity contribution in [1.82, 2.24) is 9.62 Å². The molecule has 6 nitrogen and oxygen atoms in total. The van der Waals surface area contributed by atoms with Crippen LogP contribution in [0.15, 0.2) is 59.5 Å². The van der Waals surface area contributed by atoms with E-state index >= 15 is 0 Å². The first-order valence-electron chi connectivity index (χ1n) is 10.1. The Morgan fingerprint density at radius 1 is 1.00 bits per heavy atom. The lowest BCUT2D eigenvalue weighted by Gasteiger charge is -2.24. The highest BCUT2D eigenvalue weighted by Gasteiger charge is 2.27. The predicted molar refractivity (Wildman–Crippen MR) is 115 cm³/mol. The van der Waals surface area contributed by atoms with Crippen LogP contribution in [0, 0.1) is 5.92 Å². The zero-order valence-electron chi connectivity index (χ0n) is 17.0. The van der Waals surface area contributed by atoms with Crippen LogP contribution in [-0.4, -0.2) is 44.3 Å². The average molecular weight is 416 g/mol. The Morgan fingerprint density at radius 3 is 2.21 bits per heavy atom. The number of nitrogens with zero attached hydrogens (tertiary/aromatic N) is 1. The summed E-state index contributed by atoms with van der Waals surface area (Å²) in [6.07, 6.45) is 1.79. The minimum absolute atomic E-state index is 0.0798. The Morgan fingerprint density at radius 2 is 1.62 bits per heavy atom. The van der Waals surface area contributed by atoms with Crippen LogP contribution in [-0.2, 0) is 10.0 Å². The number of benzene rings is 2. The first-order chi connectivity index (χ1) is 13.9. The molecule has 1 aliphatic rings. The molecule has 1 fully saturated rings. The van der Waals surface area contributed by atoms with Gasteiger partial charge in [-0.05, 0) is 55.2 Å². The van der Waals surface area contributed by atoms with Gasteiger partial charge in [-0.15, -0.1) is 0 Å². The van der Waals surface area contributed by atoms with Crippen LogP contribution in [0.5, 0.6) is 0 Å². The first kappa shape index (κ1) is 21.3. The normalized spacial score (nSPS) is 16.0. The molecule has 0 aromatic heterocycles. The molecule has 1 atom stereocenters. The molecule has 2 N–H and O–H groups in total. The minimum atomic E-state index is -3.46. The molecule has 1 saturated heterocycles. The molecule has 1 unspecified atom stereocenters. The van der Waals surface area contributed by atoms with E-state index in [1.165, 1.54) is 16.4 Å². The van der Waals surface area contributed by atoms with Gasteiger partial charge in [-0.25, -0.2) is 8.42 Å². The monoisotopic (exact) mass is 415 g/mol. The topological polar surface area (TPSA) is 78.5 Å². The molecule has 1 amide bonds. The van der Waals surface area contributed by atoms with Gasteiger partial charge in [0, 0.05) is 36.9 Å². The molecule has 0 bridgehead atoms. The van der Waals surface area contributed by atoms with Crippen molar-refractivity contribution in [3.05, 3.63) is 60.2 Å². The van der Waals surface area contributed by atoms with Crippen molar-refractivity contribution in [2.24, 2.45) is 5.92 Å². The van der Waals surface area contributed by atoms with Gasteiger partial charge in [-0.1, -0.05) is 32.0 Å². The minimum Gasteiger partial charge on any atom is -0.380 e. The highest BCUT2D eigenvalue weighted by molar-refractivity contribution is 7.89. The summed E-state index contributed by atoms with van der Waals surface area (Å²) in [5, 5.41) is 6.40. The summed E-state index contributed by atoms with van der Waals surface area (Å²) < 4.78 is 26.7. The number of amides is 1. The van der Waals surface area contributed by atoms with E-state index in [0.717, 1.165) is 18.5 Å². The second-order valence-electron chi connectivity index (χ2n) is 7.71. The van der Waals surface area contributed by atoms with Crippen molar-refractivity contribution in [3.63, 3.8) is 0 Å². The van der Waals surface area contributed by atoms with Gasteiger partial charge in [0.2, 0.25) is 10.0 Å². The number of hydrogen-bond donors (Lipinski definition) is 2. The number of sulfonamides is 1. The van der Waals surface area contributed by atoms with Crippen LogP contribution in [0.2, 0.25) is 0 Å². The van der Waals surface area contributed by atoms with Crippen molar-refractivity contribution in [3.8, 4) is 0 Å². The van der Waals surface area contributed by atoms with Crippen LogP contribution < -0.4 is 10.6 Å². The molecule has 1 heterocycles. The van der Waals surface area contributed by atoms with Crippen LogP contribution in [0.1, 0.15) is 37.0 Å². The molecule has 0 saturated carbocycles. The van der Waals surface area contributed by atoms with Crippen molar-refractivity contribution in [2.45, 2.75) is 37.6 Å². The second kappa shape index (κ2) is 9.41. The fourth-order valence-corrected chi connectivity index (χ4v) is 4.88. The lowest BCUT2D eigenvalue weighted by molar-refractivity contribution is 0.0950. The maximum absolute atomic E-state index is 12.6. The second-order valence-corrected chi connectivity index (χ2v) is 9.64. The number of rotatable bonds is 8. The highest BCUT2D eigenvalue weighted by Crippen LogP contribution is 2.21. The molecule has 156 valence electrons. The smallest absolute Gasteiger partial charge is 0.251 e. The Kier molecular flexibility index (Phi) is 6.92. The fourth-order valence-electron chi connectivity index (χ4n) is 3.36. The van der Waals surface area contributed by atoms with Gasteiger partial charge in [0.15, 0.2) is 0 Å². The van der Waals surface area contributed by atoms with Gasteiger partial charge in [0.1, 0.15) is 0 Å². The number of nitrogens with one attached hydrogen (secondary N) is 2. The molecule has 0 aliphatic carbocycles. The van der Waals surface area contributed by atoms with E-state index in [-0.39, 0.29) is 16.8 Å². The quantitative estimate of drug-likeness (QED) is 0.693. The molecule has 29 heavy (non-hydrogen) atoms. The zero-order chi connectivity index (χ0) is 20.9. The van der Waals surface area contributed by atoms with Crippen molar-refractivity contribution < 1.29 is 13.2 Å². The number of anilines is 1. The molecular weight excluding hydrogens is 386 g/mol. The number of para-hydroxylation sites is 1. The van der Waals surface area contributed by atoms with Crippen LogP contribution in [0.25, 0.3) is 0 Å². The van der Waals surface area contributed by atoms with E-state index < -0.39 is 10.0 Å². The van der Waals surface area contributed by atoms with Gasteiger partial charge < -0.3 is 10.6 Å². The number of carbonyl (C=O) groups is 1. The Labute approximate surface area is 173 Å². The number of hydrogen-bond acceptors (Lipinski definition) is 4. The third-order valence-corrected chi connectivity index (χ3v) is 7.15. The SMILES string of the molecule is CC(C)C(CNC(=O)c1ccc(S(=O)(=O)N2CCCC2)cc1)Nc1ccccc1. The maximum Gasteiger partial charge on any atom is 0.251 e. The summed E-state index contributed by atoms with van der Waals surface area (Å²) in [5.41, 5.74) is 1.46. The molecule has 2 aromatic carbocycles. The zero-order valence-corrected chi connectivity index (χ0v) is 17.8. The fraction of sp³-hybridized carbons (Fsp3) is 0.409. The van der Waals surface area contributed by atoms with E-state index in [4.69, 9.17) is 0 Å². The summed E-state index contributed by atoms with van der Waals surface area (Å²) in [5.74, 6) is 0.110. The molecule has 0 radical (unpaired) electrons. The first-order valence-corrected chi connectivity index (χ1v) is 11.5. The molecule has 7 heteroatoms. The molecule has 3 rings (SSSR count). The van der Waals surface area contributed by atoms with Gasteiger partial charge in [-0.2, -0.15) is 4.31 Å². The van der Waals surface area contributed by atoms with E-state index in [0.29, 0.717) is 31.1 Å². The average Bonchev–Trinajstić information content (AvgIpc) is 3.27. The van der Waals surface area contributed by atoms with Crippen molar-refractivity contribution >= 4 is 21.6 Å². The van der Waals surface area contributed by atoms with Gasteiger partial charge in [0.25, 0.3) is 5.91 Å². The summed E-state index contributed by atoms with van der Waals surface area (Å²) >= 11 is 0. The molecule has 1 aliphatic heterocycles. The van der Waals surface area contributed by atoms with Crippen molar-refractivity contribution in [2.75, 3.05) is 25.0 Å². The van der Waals surface area contributed by atoms with E-state index in [2.05, 4.69) is 24.5 Å². The largest absolute Gasteiger partial charge is 0.380 e. The third-order valence-electron chi connectivity index (χ3n) is 5.23. The molecule has 0 spiro atoms. The van der Waals surface area contributed by atoms with Crippen LogP contribution in [0.4, 0.5) is 5.69 Å². The lowest BCUT2D eigenvalue weighted by atomic mass is 10.0. The predicted octanol–water partition coefficient (Wildman–Crippen LogP) is 3.34. The van der Waals surface area contributed by atoms with Crippen LogP contribution in [0.3, 0.4) is 0 Å². The summed E-state index contributed by atoms with van der Waals surface area (Å²) in [6.45, 7) is 5.81. The highest BCUT2D eigenvalue weighted by atomic mass is 32.2. The summed E-state index contributed by atoms with van der Waals surface area (Å²) in [4.78, 5) is 12.8. The maximum atomic E-state index is 12.6. The molecule has 2 aromatic rings. The standard InChI is InChI=1S/C22H29N3O3S/c1-17(2)21(24-19-8-4-3-5-9-19)16-23-22(26)18-10-12-20(13-11-18)29(27,28)25-14-6-7-15-25/h3-5,8-13,17,21,24H,6-7,14-16H2,1-2H3,(H,23,26). The van der Waals surface area contributed by atoms with Gasteiger partial charge in [0.05, 0.1) is 4.90 Å². The Hall–Kier alpha value is -2.38. The van der Waals surface area contributed by atoms with E-state index in [1.807, 2.05) is 30.3 Å². The van der Waals surface area contributed by atoms with E-state index in [9.17, 15) is 13.2 Å². The summed E-state index contributed by atoms with van der Waals surface area (Å²) in [7, 11) is -3.46. The molecular formula is C22H29N3O3S. The lowest BCUT2D eigenvalue weighted by Crippen LogP contribution is -2.39. The van der Waals surface area contributed by atoms with Gasteiger partial charge in [-0.3, -0.25) is 4.79 Å². The van der Waals surface area contributed by atoms with Crippen LogP contribution >= 0.6 is 0 Å². The van der Waals surface area contributed by atoms with Gasteiger partial charge >= 0.3 is 0 Å². The van der Waals surface area contributed by atoms with Crippen molar-refractivity contribution in [1.29, 1.82) is 0 Å². The number of carbonyl (C=O) groups excluding carboxylic acids is 1. The van der Waals surface area contributed by atoms with E-state index in [1.54, 1.807) is 12.1 Å². The Bertz CT molecular complexity index is 906. The Balaban J connectivity index is 1.61. The summed E-state index contributed by atoms with van der Waals surface area (Å²) in [6, 6.07) is 16.2. The third kappa shape index (κ3) is 5.36.